The highest BCUT2D eigenvalue weighted by molar-refractivity contribution is 6.32. The first-order valence-electron chi connectivity index (χ1n) is 8.97. The van der Waals surface area contributed by atoms with Gasteiger partial charge in [0.25, 0.3) is 0 Å². The van der Waals surface area contributed by atoms with Crippen molar-refractivity contribution in [3.63, 3.8) is 0 Å². The van der Waals surface area contributed by atoms with Crippen LogP contribution in [0.3, 0.4) is 0 Å². The Morgan fingerprint density at radius 2 is 2.11 bits per heavy atom. The van der Waals surface area contributed by atoms with E-state index in [1.54, 1.807) is 18.3 Å². The van der Waals surface area contributed by atoms with Crippen LogP contribution in [0.2, 0.25) is 5.02 Å². The van der Waals surface area contributed by atoms with Crippen molar-refractivity contribution in [2.24, 2.45) is 0 Å². The summed E-state index contributed by atoms with van der Waals surface area (Å²) < 4.78 is 1.91. The number of hydrogen-bond acceptors (Lipinski definition) is 4. The van der Waals surface area contributed by atoms with Crippen LogP contribution < -0.4 is 5.32 Å². The van der Waals surface area contributed by atoms with Gasteiger partial charge >= 0.3 is 0 Å². The van der Waals surface area contributed by atoms with E-state index in [0.29, 0.717) is 17.1 Å². The number of nitriles is 1. The van der Waals surface area contributed by atoms with E-state index in [-0.39, 0.29) is 6.04 Å². The Labute approximate surface area is 168 Å². The van der Waals surface area contributed by atoms with Crippen LogP contribution in [0, 0.1) is 11.3 Å². The molecule has 0 aliphatic carbocycles. The maximum Gasteiger partial charge on any atom is 0.101 e. The van der Waals surface area contributed by atoms with Crippen LogP contribution in [-0.4, -0.2) is 20.8 Å². The molecule has 0 unspecified atom stereocenters. The lowest BCUT2D eigenvalue weighted by Crippen LogP contribution is -2.22. The van der Waals surface area contributed by atoms with Gasteiger partial charge in [-0.15, -0.1) is 0 Å². The molecule has 0 amide bonds. The molecular formula is C22H18ClN5. The van der Waals surface area contributed by atoms with Gasteiger partial charge in [-0.05, 0) is 42.6 Å². The van der Waals surface area contributed by atoms with Gasteiger partial charge in [-0.2, -0.15) is 10.4 Å². The molecule has 4 aromatic rings. The molecular weight excluding hydrogens is 370 g/mol. The van der Waals surface area contributed by atoms with Crippen LogP contribution in [0.1, 0.15) is 12.5 Å². The fourth-order valence-corrected chi connectivity index (χ4v) is 3.44. The maximum absolute atomic E-state index is 9.01. The van der Waals surface area contributed by atoms with Crippen LogP contribution in [0.4, 0.5) is 5.69 Å². The first kappa shape index (κ1) is 18.0. The number of nitrogens with zero attached hydrogens (tertiary/aromatic N) is 4. The minimum absolute atomic E-state index is 0.170. The van der Waals surface area contributed by atoms with Gasteiger partial charge in [-0.25, -0.2) is 0 Å². The van der Waals surface area contributed by atoms with E-state index < -0.39 is 0 Å². The molecule has 5 nitrogen and oxygen atoms in total. The standard InChI is InChI=1S/C22H18ClN5/c1-15(26-22-4-2-3-16-7-9-25-13-19(16)22)14-28-10-8-21(27-28)17-5-6-18(12-24)20(23)11-17/h2-11,13,15,26H,14H2,1H3/t15-/m0/s1. The van der Waals surface area contributed by atoms with Crippen molar-refractivity contribution < 1.29 is 0 Å². The van der Waals surface area contributed by atoms with Crippen molar-refractivity contribution >= 4 is 28.1 Å². The maximum atomic E-state index is 9.01. The highest BCUT2D eigenvalue weighted by atomic mass is 35.5. The largest absolute Gasteiger partial charge is 0.380 e. The van der Waals surface area contributed by atoms with Gasteiger partial charge in [0.05, 0.1) is 22.8 Å². The number of hydrogen-bond donors (Lipinski definition) is 1. The lowest BCUT2D eigenvalue weighted by atomic mass is 10.1. The van der Waals surface area contributed by atoms with Gasteiger partial charge in [0, 0.05) is 41.3 Å². The van der Waals surface area contributed by atoms with Crippen LogP contribution >= 0.6 is 11.6 Å². The summed E-state index contributed by atoms with van der Waals surface area (Å²) in [5.41, 5.74) is 3.24. The normalized spacial score (nSPS) is 11.9. The fraction of sp³-hybridized carbons (Fsp3) is 0.136. The highest BCUT2D eigenvalue weighted by Crippen LogP contribution is 2.25. The summed E-state index contributed by atoms with van der Waals surface area (Å²) in [6, 6.07) is 17.7. The molecule has 28 heavy (non-hydrogen) atoms. The zero-order valence-electron chi connectivity index (χ0n) is 15.3. The third-order valence-electron chi connectivity index (χ3n) is 4.57. The number of aromatic nitrogens is 3. The third-order valence-corrected chi connectivity index (χ3v) is 4.89. The molecule has 138 valence electrons. The molecule has 0 bridgehead atoms. The first-order valence-corrected chi connectivity index (χ1v) is 9.34. The number of nitrogens with one attached hydrogen (secondary N) is 1. The van der Waals surface area contributed by atoms with Gasteiger partial charge in [-0.3, -0.25) is 9.67 Å². The fourth-order valence-electron chi connectivity index (χ4n) is 3.21. The molecule has 0 saturated heterocycles. The SMILES string of the molecule is C[C@@H](Cn1ccc(-c2ccc(C#N)c(Cl)c2)n1)Nc1cccc2ccncc12. The second-order valence-electron chi connectivity index (χ2n) is 6.68. The number of pyridine rings is 1. The summed E-state index contributed by atoms with van der Waals surface area (Å²) in [6.07, 6.45) is 5.63. The van der Waals surface area contributed by atoms with E-state index in [1.165, 1.54) is 0 Å². The minimum atomic E-state index is 0.170. The van der Waals surface area contributed by atoms with E-state index in [9.17, 15) is 0 Å². The van der Waals surface area contributed by atoms with E-state index >= 15 is 0 Å². The van der Waals surface area contributed by atoms with E-state index in [2.05, 4.69) is 40.5 Å². The van der Waals surface area contributed by atoms with E-state index in [1.807, 2.05) is 41.3 Å². The molecule has 2 aromatic carbocycles. The van der Waals surface area contributed by atoms with Crippen LogP contribution in [-0.2, 0) is 6.54 Å². The van der Waals surface area contributed by atoms with Crippen molar-refractivity contribution in [1.29, 1.82) is 5.26 Å². The molecule has 6 heteroatoms. The number of halogens is 1. The second-order valence-corrected chi connectivity index (χ2v) is 7.08. The Morgan fingerprint density at radius 3 is 2.93 bits per heavy atom. The lowest BCUT2D eigenvalue weighted by molar-refractivity contribution is 0.562. The summed E-state index contributed by atoms with van der Waals surface area (Å²) >= 11 is 6.14. The number of fused-ring (bicyclic) bond motifs is 1. The molecule has 0 fully saturated rings. The Hall–Kier alpha value is -3.36. The molecule has 4 rings (SSSR count). The third kappa shape index (κ3) is 3.68. The Morgan fingerprint density at radius 1 is 1.21 bits per heavy atom. The zero-order valence-corrected chi connectivity index (χ0v) is 16.1. The van der Waals surface area contributed by atoms with Crippen molar-refractivity contribution in [2.75, 3.05) is 5.32 Å². The Kier molecular flexibility index (Phi) is 4.96. The van der Waals surface area contributed by atoms with Gasteiger partial charge in [0.1, 0.15) is 6.07 Å². The van der Waals surface area contributed by atoms with Crippen LogP contribution in [0.25, 0.3) is 22.0 Å². The number of anilines is 1. The summed E-state index contributed by atoms with van der Waals surface area (Å²) in [5, 5.41) is 19.9. The molecule has 2 heterocycles. The average molecular weight is 388 g/mol. The Balaban J connectivity index is 1.49. The Bertz CT molecular complexity index is 1170. The van der Waals surface area contributed by atoms with Crippen molar-refractivity contribution in [2.45, 2.75) is 19.5 Å². The number of benzene rings is 2. The van der Waals surface area contributed by atoms with E-state index in [4.69, 9.17) is 16.9 Å². The first-order chi connectivity index (χ1) is 13.6. The molecule has 0 radical (unpaired) electrons. The van der Waals surface area contributed by atoms with Crippen molar-refractivity contribution in [1.82, 2.24) is 14.8 Å². The quantitative estimate of drug-likeness (QED) is 0.515. The van der Waals surface area contributed by atoms with Gasteiger partial charge in [0.2, 0.25) is 0 Å². The van der Waals surface area contributed by atoms with Gasteiger partial charge in [0.15, 0.2) is 0 Å². The average Bonchev–Trinajstić information content (AvgIpc) is 3.16. The minimum Gasteiger partial charge on any atom is -0.380 e. The van der Waals surface area contributed by atoms with Crippen LogP contribution in [0.5, 0.6) is 0 Å². The summed E-state index contributed by atoms with van der Waals surface area (Å²) in [4.78, 5) is 4.23. The molecule has 0 saturated carbocycles. The van der Waals surface area contributed by atoms with E-state index in [0.717, 1.165) is 27.7 Å². The van der Waals surface area contributed by atoms with Crippen molar-refractivity contribution in [3.05, 3.63) is 77.7 Å². The molecule has 1 atom stereocenters. The summed E-state index contributed by atoms with van der Waals surface area (Å²) in [7, 11) is 0. The summed E-state index contributed by atoms with van der Waals surface area (Å²) in [5.74, 6) is 0. The predicted molar refractivity (Wildman–Crippen MR) is 112 cm³/mol. The van der Waals surface area contributed by atoms with Crippen LogP contribution in [0.15, 0.2) is 67.1 Å². The molecule has 0 aliphatic rings. The molecule has 1 N–H and O–H groups in total. The zero-order chi connectivity index (χ0) is 19.5. The second kappa shape index (κ2) is 7.71. The highest BCUT2D eigenvalue weighted by Gasteiger charge is 2.10. The monoisotopic (exact) mass is 387 g/mol. The molecule has 0 spiro atoms. The lowest BCUT2D eigenvalue weighted by Gasteiger charge is -2.17. The molecule has 0 aliphatic heterocycles. The predicted octanol–water partition coefficient (Wildman–Crippen LogP) is 5.12. The van der Waals surface area contributed by atoms with Gasteiger partial charge in [-0.1, -0.05) is 29.8 Å². The summed E-state index contributed by atoms with van der Waals surface area (Å²) in [6.45, 7) is 2.83. The van der Waals surface area contributed by atoms with Crippen molar-refractivity contribution in [3.8, 4) is 17.3 Å². The van der Waals surface area contributed by atoms with Gasteiger partial charge < -0.3 is 5.32 Å². The smallest absolute Gasteiger partial charge is 0.101 e. The topological polar surface area (TPSA) is 66.5 Å². The number of rotatable bonds is 5. The molecule has 2 aromatic heterocycles.